The van der Waals surface area contributed by atoms with Crippen molar-refractivity contribution in [2.24, 2.45) is 23.2 Å². The van der Waals surface area contributed by atoms with Gasteiger partial charge >= 0.3 is 0 Å². The summed E-state index contributed by atoms with van der Waals surface area (Å²) in [6.07, 6.45) is 18.7. The van der Waals surface area contributed by atoms with E-state index in [1.807, 2.05) is 19.9 Å². The van der Waals surface area contributed by atoms with Crippen molar-refractivity contribution in [3.63, 3.8) is 0 Å². The van der Waals surface area contributed by atoms with Crippen LogP contribution in [0.4, 0.5) is 0 Å². The summed E-state index contributed by atoms with van der Waals surface area (Å²) in [5.41, 5.74) is 10.1. The van der Waals surface area contributed by atoms with Crippen LogP contribution in [-0.2, 0) is 19.3 Å². The fourth-order valence-electron chi connectivity index (χ4n) is 6.27. The normalized spacial score (nSPS) is 21.6. The third-order valence-corrected chi connectivity index (χ3v) is 8.43. The number of benzene rings is 1. The second-order valence-corrected chi connectivity index (χ2v) is 12.7. The van der Waals surface area contributed by atoms with Gasteiger partial charge in [-0.15, -0.1) is 6.58 Å². The van der Waals surface area contributed by atoms with E-state index in [1.165, 1.54) is 69.8 Å². The molecule has 2 unspecified atom stereocenters. The van der Waals surface area contributed by atoms with Gasteiger partial charge < -0.3 is 0 Å². The summed E-state index contributed by atoms with van der Waals surface area (Å²) < 4.78 is 0. The lowest BCUT2D eigenvalue weighted by atomic mass is 9.56. The van der Waals surface area contributed by atoms with Gasteiger partial charge in [-0.2, -0.15) is 0 Å². The third kappa shape index (κ3) is 8.78. The minimum absolute atomic E-state index is 0.402. The van der Waals surface area contributed by atoms with Crippen LogP contribution < -0.4 is 0 Å². The van der Waals surface area contributed by atoms with Crippen molar-refractivity contribution in [3.8, 4) is 0 Å². The maximum Gasteiger partial charge on any atom is -0.00667 e. The summed E-state index contributed by atoms with van der Waals surface area (Å²) in [5, 5.41) is 0. The van der Waals surface area contributed by atoms with Crippen LogP contribution in [0.5, 0.6) is 0 Å². The molecule has 1 aromatic carbocycles. The molecule has 0 spiro atoms. The van der Waals surface area contributed by atoms with E-state index >= 15 is 0 Å². The number of rotatable bonds is 9. The highest BCUT2D eigenvalue weighted by Crippen LogP contribution is 2.54. The Bertz CT molecular complexity index is 874. The Balaban J connectivity index is 0.000000583. The Morgan fingerprint density at radius 2 is 1.81 bits per heavy atom. The summed E-state index contributed by atoms with van der Waals surface area (Å²) in [4.78, 5) is 0. The molecule has 0 saturated heterocycles. The van der Waals surface area contributed by atoms with Gasteiger partial charge in [0, 0.05) is 0 Å². The quantitative estimate of drug-likeness (QED) is 0.238. The topological polar surface area (TPSA) is 0 Å². The number of hydrogen-bond donors (Lipinski definition) is 0. The molecular formula is C36H58. The van der Waals surface area contributed by atoms with Gasteiger partial charge in [0.05, 0.1) is 0 Å². The minimum Gasteiger partial charge on any atom is -0.103 e. The average molecular weight is 491 g/mol. The molecule has 0 heterocycles. The summed E-state index contributed by atoms with van der Waals surface area (Å²) in [7, 11) is 0. The third-order valence-electron chi connectivity index (χ3n) is 8.43. The second kappa shape index (κ2) is 14.4. The first kappa shape index (κ1) is 30.7. The largest absolute Gasteiger partial charge is 0.103 e. The van der Waals surface area contributed by atoms with Crippen molar-refractivity contribution < 1.29 is 0 Å². The van der Waals surface area contributed by atoms with E-state index in [2.05, 4.69) is 72.9 Å². The first-order valence-corrected chi connectivity index (χ1v) is 15.2. The smallest absolute Gasteiger partial charge is 0.00667 e. The predicted molar refractivity (Wildman–Crippen MR) is 163 cm³/mol. The number of hydrogen-bond acceptors (Lipinski definition) is 0. The van der Waals surface area contributed by atoms with Crippen molar-refractivity contribution in [2.75, 3.05) is 0 Å². The Hall–Kier alpha value is -1.56. The van der Waals surface area contributed by atoms with E-state index in [9.17, 15) is 0 Å². The standard InChI is InChI=1S/C29H42.C5H10.C2H6/c1-6-7-8-9-23-17-24(15-21(3)14-22-11-12-22)28-25(18-23)19-29(4,5)27-13-10-20(2)16-26(27)28;1-4-5(2)3;1-2/h10,17-18,22,26-27H,3,6-9,11-16,19H2,1-2,4-5H3;4-5H,1H2,2-3H3;1-2H3. The summed E-state index contributed by atoms with van der Waals surface area (Å²) >= 11 is 0. The summed E-state index contributed by atoms with van der Waals surface area (Å²) in [6.45, 7) is 26.0. The second-order valence-electron chi connectivity index (χ2n) is 12.7. The lowest BCUT2D eigenvalue weighted by Gasteiger charge is -2.48. The van der Waals surface area contributed by atoms with E-state index in [0.717, 1.165) is 18.3 Å². The molecular weight excluding hydrogens is 432 g/mol. The highest BCUT2D eigenvalue weighted by Gasteiger charge is 2.43. The van der Waals surface area contributed by atoms with E-state index in [1.54, 1.807) is 27.8 Å². The van der Waals surface area contributed by atoms with Crippen LogP contribution in [0, 0.1) is 23.2 Å². The molecule has 3 aliphatic carbocycles. The molecule has 0 aromatic heterocycles. The molecule has 3 aliphatic rings. The Labute approximate surface area is 225 Å². The van der Waals surface area contributed by atoms with E-state index in [0.29, 0.717) is 17.3 Å². The summed E-state index contributed by atoms with van der Waals surface area (Å²) in [5.74, 6) is 3.10. The van der Waals surface area contributed by atoms with Gasteiger partial charge in [0.15, 0.2) is 0 Å². The van der Waals surface area contributed by atoms with E-state index in [4.69, 9.17) is 0 Å². The average Bonchev–Trinajstić information content (AvgIpc) is 3.64. The van der Waals surface area contributed by atoms with Gasteiger partial charge in [0.25, 0.3) is 0 Å². The van der Waals surface area contributed by atoms with Gasteiger partial charge in [-0.3, -0.25) is 0 Å². The van der Waals surface area contributed by atoms with Crippen LogP contribution in [0.2, 0.25) is 0 Å². The molecule has 0 nitrogen and oxygen atoms in total. The van der Waals surface area contributed by atoms with Crippen LogP contribution in [0.25, 0.3) is 0 Å². The van der Waals surface area contributed by atoms with Crippen LogP contribution in [-0.4, -0.2) is 0 Å². The van der Waals surface area contributed by atoms with Gasteiger partial charge in [-0.05, 0) is 116 Å². The zero-order chi connectivity index (χ0) is 26.9. The zero-order valence-electron chi connectivity index (χ0n) is 25.3. The zero-order valence-corrected chi connectivity index (χ0v) is 25.3. The monoisotopic (exact) mass is 490 g/mol. The molecule has 1 fully saturated rings. The van der Waals surface area contributed by atoms with Crippen molar-refractivity contribution in [1.29, 1.82) is 0 Å². The molecule has 4 rings (SSSR count). The molecule has 0 radical (unpaired) electrons. The molecule has 2 atom stereocenters. The molecule has 1 saturated carbocycles. The fourth-order valence-corrected chi connectivity index (χ4v) is 6.27. The van der Waals surface area contributed by atoms with Gasteiger partial charge in [-0.1, -0.05) is 103 Å². The lowest BCUT2D eigenvalue weighted by molar-refractivity contribution is 0.151. The van der Waals surface area contributed by atoms with Gasteiger partial charge in [0.1, 0.15) is 0 Å². The number of allylic oxidation sites excluding steroid dienone is 4. The molecule has 202 valence electrons. The Morgan fingerprint density at radius 3 is 2.39 bits per heavy atom. The SMILES string of the molecule is C=C(Cc1cc(CCCCC)cc2c1C1CC(C)=CCC1C(C)(C)C2)CC1CC1.C=CC(C)C.CC. The van der Waals surface area contributed by atoms with Gasteiger partial charge in [-0.25, -0.2) is 0 Å². The van der Waals surface area contributed by atoms with Crippen LogP contribution in [0.15, 0.2) is 48.6 Å². The minimum atomic E-state index is 0.402. The number of unbranched alkanes of at least 4 members (excludes halogenated alkanes) is 2. The first-order chi connectivity index (χ1) is 17.1. The van der Waals surface area contributed by atoms with Crippen molar-refractivity contribution in [3.05, 3.63) is 70.8 Å². The molecule has 36 heavy (non-hydrogen) atoms. The van der Waals surface area contributed by atoms with E-state index in [-0.39, 0.29) is 0 Å². The van der Waals surface area contributed by atoms with Crippen LogP contribution in [0.3, 0.4) is 0 Å². The van der Waals surface area contributed by atoms with Crippen molar-refractivity contribution in [2.45, 2.75) is 132 Å². The van der Waals surface area contributed by atoms with Crippen molar-refractivity contribution >= 4 is 0 Å². The number of fused-ring (bicyclic) bond motifs is 3. The molecule has 0 bridgehead atoms. The summed E-state index contributed by atoms with van der Waals surface area (Å²) in [6, 6.07) is 5.19. The van der Waals surface area contributed by atoms with Gasteiger partial charge in [0.2, 0.25) is 0 Å². The molecule has 0 aliphatic heterocycles. The van der Waals surface area contributed by atoms with E-state index < -0.39 is 0 Å². The maximum absolute atomic E-state index is 4.52. The van der Waals surface area contributed by atoms with Crippen LogP contribution in [0.1, 0.15) is 135 Å². The highest BCUT2D eigenvalue weighted by atomic mass is 14.5. The van der Waals surface area contributed by atoms with Crippen molar-refractivity contribution in [1.82, 2.24) is 0 Å². The first-order valence-electron chi connectivity index (χ1n) is 15.2. The maximum atomic E-state index is 4.52. The molecule has 0 amide bonds. The molecule has 0 N–H and O–H groups in total. The fraction of sp³-hybridized carbons (Fsp3) is 0.667. The molecule has 0 heteroatoms. The highest BCUT2D eigenvalue weighted by molar-refractivity contribution is 5.47. The predicted octanol–water partition coefficient (Wildman–Crippen LogP) is 11.2. The Kier molecular flexibility index (Phi) is 12.3. The lowest BCUT2D eigenvalue weighted by Crippen LogP contribution is -2.38. The number of aryl methyl sites for hydroxylation is 1. The Morgan fingerprint density at radius 1 is 1.14 bits per heavy atom. The molecule has 1 aromatic rings. The van der Waals surface area contributed by atoms with Crippen LogP contribution >= 0.6 is 0 Å².